The average molecular weight is 323 g/mol. The van der Waals surface area contributed by atoms with Crippen LogP contribution in [0.15, 0.2) is 42.7 Å². The number of para-hydroxylation sites is 1. The number of nitrogens with one attached hydrogen (secondary N) is 1. The fourth-order valence-corrected chi connectivity index (χ4v) is 2.96. The maximum atomic E-state index is 12.4. The van der Waals surface area contributed by atoms with Crippen molar-refractivity contribution in [2.24, 2.45) is 0 Å². The molecule has 0 atom stereocenters. The van der Waals surface area contributed by atoms with Crippen molar-refractivity contribution in [2.75, 3.05) is 36.4 Å². The van der Waals surface area contributed by atoms with E-state index in [-0.39, 0.29) is 6.03 Å². The number of amides is 2. The summed E-state index contributed by atoms with van der Waals surface area (Å²) < 4.78 is 0. The monoisotopic (exact) mass is 323 g/mol. The summed E-state index contributed by atoms with van der Waals surface area (Å²) in [7, 11) is 0. The molecule has 6 nitrogen and oxygen atoms in total. The summed E-state index contributed by atoms with van der Waals surface area (Å²) in [6.07, 6.45) is 5.77. The van der Waals surface area contributed by atoms with E-state index in [9.17, 15) is 4.79 Å². The number of carbonyl (C=O) groups excluding carboxylic acids is 1. The van der Waals surface area contributed by atoms with Gasteiger partial charge in [-0.15, -0.1) is 0 Å². The van der Waals surface area contributed by atoms with Crippen LogP contribution in [-0.2, 0) is 0 Å². The lowest BCUT2D eigenvalue weighted by atomic mass is 10.2. The first-order valence-electron chi connectivity index (χ1n) is 8.47. The highest BCUT2D eigenvalue weighted by atomic mass is 16.2. The summed E-state index contributed by atoms with van der Waals surface area (Å²) >= 11 is 0. The van der Waals surface area contributed by atoms with Crippen LogP contribution in [0, 0.1) is 0 Å². The van der Waals surface area contributed by atoms with Gasteiger partial charge in [-0.1, -0.05) is 18.2 Å². The molecule has 6 heteroatoms. The minimum atomic E-state index is -0.0783. The molecule has 0 spiro atoms. The molecule has 124 valence electrons. The standard InChI is InChI=1S/C18H21N5O/c24-18(21-15-12-19-17(20-13-15)14-6-7-14)23-10-8-22(9-11-23)16-4-2-1-3-5-16/h1-5,12-14H,6-11H2,(H,21,24). The van der Waals surface area contributed by atoms with E-state index in [2.05, 4.69) is 32.3 Å². The first-order chi connectivity index (χ1) is 11.8. The topological polar surface area (TPSA) is 61.4 Å². The number of nitrogens with zero attached hydrogens (tertiary/aromatic N) is 4. The lowest BCUT2D eigenvalue weighted by molar-refractivity contribution is 0.208. The van der Waals surface area contributed by atoms with Gasteiger partial charge < -0.3 is 15.1 Å². The fourth-order valence-electron chi connectivity index (χ4n) is 2.96. The molecule has 2 heterocycles. The Kier molecular flexibility index (Phi) is 4.02. The smallest absolute Gasteiger partial charge is 0.322 e. The van der Waals surface area contributed by atoms with Crippen LogP contribution in [0.4, 0.5) is 16.2 Å². The number of benzene rings is 1. The summed E-state index contributed by atoms with van der Waals surface area (Å²) in [5.41, 5.74) is 1.87. The Hall–Kier alpha value is -2.63. The van der Waals surface area contributed by atoms with Gasteiger partial charge in [0.1, 0.15) is 5.82 Å². The van der Waals surface area contributed by atoms with Crippen LogP contribution in [-0.4, -0.2) is 47.1 Å². The van der Waals surface area contributed by atoms with E-state index >= 15 is 0 Å². The molecule has 24 heavy (non-hydrogen) atoms. The van der Waals surface area contributed by atoms with Crippen molar-refractivity contribution in [2.45, 2.75) is 18.8 Å². The van der Waals surface area contributed by atoms with Crippen LogP contribution in [0.3, 0.4) is 0 Å². The van der Waals surface area contributed by atoms with Crippen LogP contribution in [0.2, 0.25) is 0 Å². The number of aromatic nitrogens is 2. The van der Waals surface area contributed by atoms with Crippen LogP contribution in [0.5, 0.6) is 0 Å². The molecule has 2 aromatic rings. The van der Waals surface area contributed by atoms with E-state index in [0.29, 0.717) is 24.7 Å². The van der Waals surface area contributed by atoms with Crippen LogP contribution >= 0.6 is 0 Å². The Bertz CT molecular complexity index is 691. The van der Waals surface area contributed by atoms with Crippen molar-refractivity contribution in [3.8, 4) is 0 Å². The largest absolute Gasteiger partial charge is 0.368 e. The molecule has 2 fully saturated rings. The zero-order chi connectivity index (χ0) is 16.4. The van der Waals surface area contributed by atoms with Gasteiger partial charge in [-0.3, -0.25) is 0 Å². The Labute approximate surface area is 141 Å². The van der Waals surface area contributed by atoms with Gasteiger partial charge in [-0.25, -0.2) is 14.8 Å². The fraction of sp³-hybridized carbons (Fsp3) is 0.389. The van der Waals surface area contributed by atoms with Gasteiger partial charge in [0.2, 0.25) is 0 Å². The first-order valence-corrected chi connectivity index (χ1v) is 8.47. The predicted molar refractivity (Wildman–Crippen MR) is 93.3 cm³/mol. The molecule has 1 N–H and O–H groups in total. The highest BCUT2D eigenvalue weighted by Gasteiger charge is 2.26. The number of piperazine rings is 1. The molecule has 1 aliphatic carbocycles. The Morgan fingerprint density at radius 3 is 2.29 bits per heavy atom. The van der Waals surface area contributed by atoms with Crippen molar-refractivity contribution < 1.29 is 4.79 Å². The molecular formula is C18H21N5O. The number of hydrogen-bond donors (Lipinski definition) is 1. The predicted octanol–water partition coefficient (Wildman–Crippen LogP) is 2.71. The Balaban J connectivity index is 1.31. The second kappa shape index (κ2) is 6.47. The third-order valence-electron chi connectivity index (χ3n) is 4.55. The van der Waals surface area contributed by atoms with E-state index < -0.39 is 0 Å². The average Bonchev–Trinajstić information content (AvgIpc) is 3.48. The molecule has 1 saturated heterocycles. The van der Waals surface area contributed by atoms with Gasteiger partial charge in [-0.2, -0.15) is 0 Å². The van der Waals surface area contributed by atoms with Crippen LogP contribution in [0.25, 0.3) is 0 Å². The highest BCUT2D eigenvalue weighted by Crippen LogP contribution is 2.37. The first kappa shape index (κ1) is 14.9. The van der Waals surface area contributed by atoms with E-state index in [1.807, 2.05) is 23.1 Å². The minimum Gasteiger partial charge on any atom is -0.368 e. The minimum absolute atomic E-state index is 0.0783. The number of anilines is 2. The quantitative estimate of drug-likeness (QED) is 0.943. The molecule has 2 amide bonds. The molecule has 0 unspecified atom stereocenters. The lowest BCUT2D eigenvalue weighted by Gasteiger charge is -2.36. The summed E-state index contributed by atoms with van der Waals surface area (Å²) in [5.74, 6) is 1.42. The third kappa shape index (κ3) is 3.32. The summed E-state index contributed by atoms with van der Waals surface area (Å²) in [4.78, 5) is 25.2. The SMILES string of the molecule is O=C(Nc1cnc(C2CC2)nc1)N1CCN(c2ccccc2)CC1. The highest BCUT2D eigenvalue weighted by molar-refractivity contribution is 5.89. The van der Waals surface area contributed by atoms with E-state index in [4.69, 9.17) is 0 Å². The van der Waals surface area contributed by atoms with Crippen LogP contribution in [0.1, 0.15) is 24.6 Å². The maximum absolute atomic E-state index is 12.4. The van der Waals surface area contributed by atoms with Crippen molar-refractivity contribution in [1.82, 2.24) is 14.9 Å². The summed E-state index contributed by atoms with van der Waals surface area (Å²) in [6.45, 7) is 3.10. The lowest BCUT2D eigenvalue weighted by Crippen LogP contribution is -2.50. The number of urea groups is 1. The molecule has 1 aliphatic heterocycles. The number of carbonyl (C=O) groups is 1. The molecule has 1 aromatic heterocycles. The Morgan fingerprint density at radius 1 is 1.00 bits per heavy atom. The molecule has 2 aliphatic rings. The normalized spacial score (nSPS) is 17.7. The van der Waals surface area contributed by atoms with Gasteiger partial charge >= 0.3 is 6.03 Å². The molecule has 0 radical (unpaired) electrons. The maximum Gasteiger partial charge on any atom is 0.322 e. The van der Waals surface area contributed by atoms with Crippen LogP contribution < -0.4 is 10.2 Å². The number of rotatable bonds is 3. The molecule has 0 bridgehead atoms. The zero-order valence-corrected chi connectivity index (χ0v) is 13.6. The summed E-state index contributed by atoms with van der Waals surface area (Å²) in [6, 6.07) is 10.2. The van der Waals surface area contributed by atoms with E-state index in [1.165, 1.54) is 18.5 Å². The van der Waals surface area contributed by atoms with Gasteiger partial charge in [0.05, 0.1) is 18.1 Å². The van der Waals surface area contributed by atoms with Crippen molar-refractivity contribution >= 4 is 17.4 Å². The van der Waals surface area contributed by atoms with E-state index in [0.717, 1.165) is 18.9 Å². The summed E-state index contributed by atoms with van der Waals surface area (Å²) in [5, 5.41) is 2.90. The Morgan fingerprint density at radius 2 is 1.67 bits per heavy atom. The van der Waals surface area contributed by atoms with Gasteiger partial charge in [0.25, 0.3) is 0 Å². The molecule has 4 rings (SSSR count). The van der Waals surface area contributed by atoms with Gasteiger partial charge in [0, 0.05) is 37.8 Å². The van der Waals surface area contributed by atoms with Gasteiger partial charge in [-0.05, 0) is 25.0 Å². The number of hydrogen-bond acceptors (Lipinski definition) is 4. The molecule has 1 saturated carbocycles. The van der Waals surface area contributed by atoms with E-state index in [1.54, 1.807) is 12.4 Å². The zero-order valence-electron chi connectivity index (χ0n) is 13.6. The second-order valence-electron chi connectivity index (χ2n) is 6.34. The van der Waals surface area contributed by atoms with Crippen molar-refractivity contribution in [1.29, 1.82) is 0 Å². The molecule has 1 aromatic carbocycles. The molecular weight excluding hydrogens is 302 g/mol. The second-order valence-corrected chi connectivity index (χ2v) is 6.34. The third-order valence-corrected chi connectivity index (χ3v) is 4.55. The van der Waals surface area contributed by atoms with Gasteiger partial charge in [0.15, 0.2) is 0 Å². The van der Waals surface area contributed by atoms with Crippen molar-refractivity contribution in [3.63, 3.8) is 0 Å². The van der Waals surface area contributed by atoms with Crippen molar-refractivity contribution in [3.05, 3.63) is 48.5 Å².